The summed E-state index contributed by atoms with van der Waals surface area (Å²) in [6.45, 7) is 13.0. The highest BCUT2D eigenvalue weighted by Gasteiger charge is 2.64. The molecule has 3 aliphatic carbocycles. The maximum Gasteiger partial charge on any atom is 0.331 e. The van der Waals surface area contributed by atoms with E-state index in [4.69, 9.17) is 18.9 Å². The molecule has 10 heteroatoms. The first-order chi connectivity index (χ1) is 20.6. The molecule has 4 rings (SSSR count). The van der Waals surface area contributed by atoms with Gasteiger partial charge in [0.25, 0.3) is 0 Å². The van der Waals surface area contributed by atoms with Crippen molar-refractivity contribution in [2.75, 3.05) is 0 Å². The van der Waals surface area contributed by atoms with E-state index in [0.717, 1.165) is 5.56 Å². The van der Waals surface area contributed by atoms with Gasteiger partial charge in [-0.1, -0.05) is 36.9 Å². The molecular weight excluding hydrogens is 568 g/mol. The first-order valence-corrected chi connectivity index (χ1v) is 14.8. The zero-order valence-corrected chi connectivity index (χ0v) is 26.1. The van der Waals surface area contributed by atoms with Gasteiger partial charge in [-0.15, -0.1) is 0 Å². The van der Waals surface area contributed by atoms with Crippen LogP contribution in [0.4, 0.5) is 0 Å². The maximum atomic E-state index is 13.0. The van der Waals surface area contributed by atoms with Crippen molar-refractivity contribution < 1.29 is 48.3 Å². The zero-order valence-electron chi connectivity index (χ0n) is 26.1. The van der Waals surface area contributed by atoms with E-state index in [1.165, 1.54) is 26.8 Å². The highest BCUT2D eigenvalue weighted by molar-refractivity contribution is 5.87. The largest absolute Gasteiger partial charge is 0.462 e. The normalized spacial score (nSPS) is 31.9. The second-order valence-electron chi connectivity index (χ2n) is 12.6. The number of aliphatic hydroxyl groups is 2. The van der Waals surface area contributed by atoms with E-state index in [-0.39, 0.29) is 19.3 Å². The van der Waals surface area contributed by atoms with Crippen LogP contribution >= 0.6 is 0 Å². The zero-order chi connectivity index (χ0) is 32.6. The summed E-state index contributed by atoms with van der Waals surface area (Å²) in [6, 6.07) is 9.22. The Bertz CT molecular complexity index is 1370. The molecule has 3 aliphatic rings. The Hall–Kier alpha value is -3.76. The van der Waals surface area contributed by atoms with Gasteiger partial charge >= 0.3 is 23.9 Å². The predicted molar refractivity (Wildman–Crippen MR) is 159 cm³/mol. The summed E-state index contributed by atoms with van der Waals surface area (Å²) < 4.78 is 23.0. The first-order valence-electron chi connectivity index (χ1n) is 14.8. The van der Waals surface area contributed by atoms with E-state index in [1.54, 1.807) is 26.8 Å². The van der Waals surface area contributed by atoms with Crippen LogP contribution in [0.15, 0.2) is 59.7 Å². The fourth-order valence-corrected chi connectivity index (χ4v) is 7.43. The average Bonchev–Trinajstić information content (AvgIpc) is 3.13. The number of esters is 4. The lowest BCUT2D eigenvalue weighted by atomic mass is 9.61. The molecule has 44 heavy (non-hydrogen) atoms. The first kappa shape index (κ1) is 33.1. The lowest BCUT2D eigenvalue weighted by Crippen LogP contribution is -2.52. The molecule has 0 aromatic heterocycles. The number of rotatable bonds is 7. The Kier molecular flexibility index (Phi) is 9.56. The van der Waals surface area contributed by atoms with Crippen LogP contribution < -0.4 is 0 Å². The number of hydrogen-bond donors (Lipinski definition) is 2. The maximum absolute atomic E-state index is 13.0. The highest BCUT2D eigenvalue weighted by Crippen LogP contribution is 2.62. The molecule has 8 atom stereocenters. The fraction of sp³-hybridized carbons (Fsp3) is 0.529. The van der Waals surface area contributed by atoms with Crippen molar-refractivity contribution in [1.29, 1.82) is 0 Å². The Balaban J connectivity index is 1.81. The Morgan fingerprint density at radius 1 is 0.932 bits per heavy atom. The van der Waals surface area contributed by atoms with Gasteiger partial charge in [0.15, 0.2) is 0 Å². The molecule has 1 aromatic carbocycles. The minimum absolute atomic E-state index is 0.0264. The van der Waals surface area contributed by atoms with Gasteiger partial charge in [0.05, 0.1) is 5.60 Å². The highest BCUT2D eigenvalue weighted by atomic mass is 16.6. The summed E-state index contributed by atoms with van der Waals surface area (Å²) in [6.07, 6.45) is -1.94. The molecule has 0 bridgehead atoms. The molecule has 0 amide bonds. The minimum atomic E-state index is -1.46. The number of aliphatic hydroxyl groups excluding tert-OH is 1. The van der Waals surface area contributed by atoms with Crippen LogP contribution in [0.3, 0.4) is 0 Å². The molecule has 10 nitrogen and oxygen atoms in total. The lowest BCUT2D eigenvalue weighted by Gasteiger charge is -2.47. The van der Waals surface area contributed by atoms with Crippen molar-refractivity contribution in [2.45, 2.75) is 96.9 Å². The Morgan fingerprint density at radius 3 is 2.11 bits per heavy atom. The minimum Gasteiger partial charge on any atom is -0.462 e. The molecule has 0 radical (unpaired) electrons. The fourth-order valence-electron chi connectivity index (χ4n) is 7.43. The third-order valence-corrected chi connectivity index (χ3v) is 9.31. The van der Waals surface area contributed by atoms with Crippen molar-refractivity contribution >= 4 is 30.0 Å². The molecular formula is C34H42O10. The van der Waals surface area contributed by atoms with Gasteiger partial charge in [-0.3, -0.25) is 14.4 Å². The molecule has 2 N–H and O–H groups in total. The average molecular weight is 611 g/mol. The van der Waals surface area contributed by atoms with Gasteiger partial charge < -0.3 is 29.2 Å². The van der Waals surface area contributed by atoms with Crippen LogP contribution in [0.25, 0.3) is 6.08 Å². The third-order valence-electron chi connectivity index (χ3n) is 9.31. The summed E-state index contributed by atoms with van der Waals surface area (Å²) in [5.74, 6) is -3.85. The van der Waals surface area contributed by atoms with Crippen molar-refractivity contribution in [3.05, 3.63) is 65.3 Å². The monoisotopic (exact) mass is 610 g/mol. The van der Waals surface area contributed by atoms with Crippen LogP contribution in [-0.2, 0) is 38.1 Å². The number of carbonyl (C=O) groups is 4. The summed E-state index contributed by atoms with van der Waals surface area (Å²) in [7, 11) is 0. The molecule has 238 valence electrons. The summed E-state index contributed by atoms with van der Waals surface area (Å²) >= 11 is 0. The van der Waals surface area contributed by atoms with E-state index in [0.29, 0.717) is 16.7 Å². The van der Waals surface area contributed by atoms with Crippen LogP contribution in [-0.4, -0.2) is 70.2 Å². The molecule has 2 saturated carbocycles. The SMILES string of the molecule is C=C1[C@H]2C[C@]3(C(C)(C)O)C[C@H](OC(C)=O)C(C)=C3[C@@H](O)[C@H](OC(C)=O)[C@@H]2[C@@H](OC(C)=O)C[C@H]1OC(=O)/C=C\c1ccccc1. The smallest absolute Gasteiger partial charge is 0.331 e. The van der Waals surface area contributed by atoms with E-state index in [2.05, 4.69) is 6.58 Å². The molecule has 1 aromatic rings. The van der Waals surface area contributed by atoms with Gasteiger partial charge in [-0.25, -0.2) is 4.79 Å². The summed E-state index contributed by atoms with van der Waals surface area (Å²) in [4.78, 5) is 49.8. The van der Waals surface area contributed by atoms with E-state index in [1.807, 2.05) is 30.3 Å². The molecule has 0 aliphatic heterocycles. The number of ether oxygens (including phenoxy) is 4. The van der Waals surface area contributed by atoms with Crippen molar-refractivity contribution in [2.24, 2.45) is 17.3 Å². The summed E-state index contributed by atoms with van der Waals surface area (Å²) in [5.41, 5.74) is -0.397. The van der Waals surface area contributed by atoms with Crippen LogP contribution in [0.2, 0.25) is 0 Å². The van der Waals surface area contributed by atoms with Gasteiger partial charge in [0, 0.05) is 51.0 Å². The molecule has 0 unspecified atom stereocenters. The third kappa shape index (κ3) is 6.51. The van der Waals surface area contributed by atoms with Crippen molar-refractivity contribution in [3.8, 4) is 0 Å². The van der Waals surface area contributed by atoms with Gasteiger partial charge in [-0.2, -0.15) is 0 Å². The van der Waals surface area contributed by atoms with Crippen LogP contribution in [0.1, 0.15) is 66.4 Å². The number of hydrogen-bond acceptors (Lipinski definition) is 10. The molecule has 0 spiro atoms. The predicted octanol–water partition coefficient (Wildman–Crippen LogP) is 3.84. The Morgan fingerprint density at radius 2 is 1.55 bits per heavy atom. The second-order valence-corrected chi connectivity index (χ2v) is 12.6. The van der Waals surface area contributed by atoms with Crippen LogP contribution in [0, 0.1) is 17.3 Å². The quantitative estimate of drug-likeness (QED) is 0.202. The number of fused-ring (bicyclic) bond motifs is 2. The molecule has 2 fully saturated rings. The molecule has 0 saturated heterocycles. The van der Waals surface area contributed by atoms with Crippen molar-refractivity contribution in [3.63, 3.8) is 0 Å². The van der Waals surface area contributed by atoms with Gasteiger partial charge in [0.2, 0.25) is 0 Å². The topological polar surface area (TPSA) is 146 Å². The Labute approximate surface area is 257 Å². The lowest BCUT2D eigenvalue weighted by molar-refractivity contribution is -0.175. The van der Waals surface area contributed by atoms with E-state index in [9.17, 15) is 29.4 Å². The van der Waals surface area contributed by atoms with Crippen molar-refractivity contribution in [1.82, 2.24) is 0 Å². The molecule has 0 heterocycles. The van der Waals surface area contributed by atoms with Gasteiger partial charge in [0.1, 0.15) is 30.5 Å². The van der Waals surface area contributed by atoms with Crippen LogP contribution in [0.5, 0.6) is 0 Å². The van der Waals surface area contributed by atoms with E-state index < -0.39 is 77.2 Å². The number of benzene rings is 1. The van der Waals surface area contributed by atoms with Gasteiger partial charge in [-0.05, 0) is 61.5 Å². The second kappa shape index (κ2) is 12.7. The standard InChI is InChI=1S/C34H42O10/c1-18-24-16-34(33(6,7)40)17-27(42-21(4)36)19(2)30(34)31(39)32(43-22(5)37)29(24)26(41-20(3)35)15-25(18)44-28(38)14-13-23-11-9-8-10-12-23/h8-14,24-27,29,31-32,39-40H,1,15-17H2,2-7H3/b14-13-/t24-,25-,26+,27+,29+,31-,32-,34+/m1/s1. The van der Waals surface area contributed by atoms with E-state index >= 15 is 0 Å². The number of carbonyl (C=O) groups excluding carboxylic acids is 4. The summed E-state index contributed by atoms with van der Waals surface area (Å²) in [5, 5.41) is 23.8.